The predicted octanol–water partition coefficient (Wildman–Crippen LogP) is 3.28. The molecule has 0 amide bonds. The van der Waals surface area contributed by atoms with Crippen LogP contribution in [-0.2, 0) is 12.8 Å². The summed E-state index contributed by atoms with van der Waals surface area (Å²) in [5.41, 5.74) is 10.0. The lowest BCUT2D eigenvalue weighted by Gasteiger charge is -2.12. The Hall–Kier alpha value is -1.61. The number of hydrogen-bond donors (Lipinski definition) is 1. The minimum absolute atomic E-state index is 0.122. The van der Waals surface area contributed by atoms with Crippen molar-refractivity contribution in [3.05, 3.63) is 53.3 Å². The molecule has 2 aromatic rings. The summed E-state index contributed by atoms with van der Waals surface area (Å²) >= 11 is 0. The fourth-order valence-corrected chi connectivity index (χ4v) is 2.38. The van der Waals surface area contributed by atoms with Crippen molar-refractivity contribution in [2.75, 3.05) is 0 Å². The minimum atomic E-state index is 0.122. The van der Waals surface area contributed by atoms with E-state index in [0.717, 1.165) is 25.0 Å². The van der Waals surface area contributed by atoms with E-state index in [-0.39, 0.29) is 6.04 Å². The average molecular weight is 271 g/mol. The number of benzene rings is 1. The summed E-state index contributed by atoms with van der Waals surface area (Å²) in [4.78, 5) is 0. The van der Waals surface area contributed by atoms with Crippen molar-refractivity contribution in [1.29, 1.82) is 0 Å². The Morgan fingerprint density at radius 2 is 1.95 bits per heavy atom. The van der Waals surface area contributed by atoms with Crippen molar-refractivity contribution in [2.24, 2.45) is 5.73 Å². The van der Waals surface area contributed by atoms with Gasteiger partial charge in [-0.2, -0.15) is 5.10 Å². The van der Waals surface area contributed by atoms with E-state index in [1.807, 2.05) is 4.68 Å². The first-order valence-corrected chi connectivity index (χ1v) is 7.44. The van der Waals surface area contributed by atoms with Crippen LogP contribution in [0.25, 0.3) is 0 Å². The molecule has 0 spiro atoms. The smallest absolute Gasteiger partial charge is 0.0640 e. The first-order chi connectivity index (χ1) is 9.60. The summed E-state index contributed by atoms with van der Waals surface area (Å²) < 4.78 is 2.04. The lowest BCUT2D eigenvalue weighted by molar-refractivity contribution is 0.471. The summed E-state index contributed by atoms with van der Waals surface area (Å²) in [6.07, 6.45) is 4.89. The molecule has 0 saturated carbocycles. The molecule has 2 N–H and O–H groups in total. The maximum Gasteiger partial charge on any atom is 0.0640 e. The number of rotatable bonds is 6. The van der Waals surface area contributed by atoms with Gasteiger partial charge in [-0.1, -0.05) is 31.2 Å². The lowest BCUT2D eigenvalue weighted by Crippen LogP contribution is -2.26. The van der Waals surface area contributed by atoms with E-state index in [4.69, 9.17) is 5.73 Å². The number of aromatic nitrogens is 2. The molecule has 2 unspecified atom stereocenters. The van der Waals surface area contributed by atoms with E-state index in [0.29, 0.717) is 6.04 Å². The van der Waals surface area contributed by atoms with Gasteiger partial charge < -0.3 is 5.73 Å². The summed E-state index contributed by atoms with van der Waals surface area (Å²) in [5.74, 6) is 0. The van der Waals surface area contributed by atoms with Crippen LogP contribution in [0.4, 0.5) is 0 Å². The molecule has 108 valence electrons. The summed E-state index contributed by atoms with van der Waals surface area (Å²) in [5, 5.41) is 4.62. The third-order valence-electron chi connectivity index (χ3n) is 3.92. The summed E-state index contributed by atoms with van der Waals surface area (Å²) in [6.45, 7) is 6.50. The van der Waals surface area contributed by atoms with Gasteiger partial charge in [0.15, 0.2) is 0 Å². The van der Waals surface area contributed by atoms with E-state index in [1.165, 1.54) is 11.1 Å². The van der Waals surface area contributed by atoms with Crippen LogP contribution in [0.1, 0.15) is 43.1 Å². The third-order valence-corrected chi connectivity index (χ3v) is 3.92. The van der Waals surface area contributed by atoms with Crippen molar-refractivity contribution in [3.8, 4) is 0 Å². The molecule has 0 aliphatic rings. The van der Waals surface area contributed by atoms with Gasteiger partial charge in [-0.3, -0.25) is 4.68 Å². The van der Waals surface area contributed by atoms with Crippen LogP contribution >= 0.6 is 0 Å². The Bertz CT molecular complexity index is 545. The van der Waals surface area contributed by atoms with Crippen LogP contribution in [0, 0.1) is 6.92 Å². The molecule has 20 heavy (non-hydrogen) atoms. The second-order valence-corrected chi connectivity index (χ2v) is 5.64. The zero-order valence-electron chi connectivity index (χ0n) is 12.7. The van der Waals surface area contributed by atoms with Crippen LogP contribution in [0.3, 0.4) is 0 Å². The van der Waals surface area contributed by atoms with E-state index >= 15 is 0 Å². The molecule has 0 saturated heterocycles. The highest BCUT2D eigenvalue weighted by molar-refractivity contribution is 5.26. The number of hydrogen-bond acceptors (Lipinski definition) is 2. The Morgan fingerprint density at radius 1 is 1.20 bits per heavy atom. The minimum Gasteiger partial charge on any atom is -0.327 e. The van der Waals surface area contributed by atoms with Gasteiger partial charge in [-0.05, 0) is 43.9 Å². The fraction of sp³-hybridized carbons (Fsp3) is 0.471. The van der Waals surface area contributed by atoms with Crippen LogP contribution in [0.15, 0.2) is 36.5 Å². The second kappa shape index (κ2) is 6.71. The average Bonchev–Trinajstić information content (AvgIpc) is 2.89. The zero-order chi connectivity index (χ0) is 14.5. The Kier molecular flexibility index (Phi) is 4.96. The highest BCUT2D eigenvalue weighted by Gasteiger charge is 2.10. The first-order valence-electron chi connectivity index (χ1n) is 7.44. The van der Waals surface area contributed by atoms with Gasteiger partial charge in [0, 0.05) is 24.7 Å². The van der Waals surface area contributed by atoms with E-state index in [2.05, 4.69) is 62.4 Å². The maximum atomic E-state index is 6.28. The lowest BCUT2D eigenvalue weighted by atomic mass is 9.99. The van der Waals surface area contributed by atoms with Gasteiger partial charge >= 0.3 is 0 Å². The highest BCUT2D eigenvalue weighted by Crippen LogP contribution is 2.13. The molecule has 3 nitrogen and oxygen atoms in total. The molecule has 0 fully saturated rings. The highest BCUT2D eigenvalue weighted by atomic mass is 15.3. The molecule has 0 aliphatic carbocycles. The van der Waals surface area contributed by atoms with Crippen molar-refractivity contribution < 1.29 is 0 Å². The number of nitrogens with two attached hydrogens (primary N) is 1. The molecule has 1 aromatic carbocycles. The summed E-state index contributed by atoms with van der Waals surface area (Å²) in [7, 11) is 0. The van der Waals surface area contributed by atoms with Gasteiger partial charge in [0.2, 0.25) is 0 Å². The van der Waals surface area contributed by atoms with Crippen molar-refractivity contribution in [1.82, 2.24) is 9.78 Å². The first kappa shape index (κ1) is 14.8. The molecular formula is C17H25N3. The molecule has 0 bridgehead atoms. The molecule has 2 rings (SSSR count). The SMILES string of the molecule is CCC(C)n1ccc(CC(N)Cc2ccccc2C)n1. The molecule has 0 radical (unpaired) electrons. The van der Waals surface area contributed by atoms with Crippen LogP contribution in [0.5, 0.6) is 0 Å². The van der Waals surface area contributed by atoms with Crippen LogP contribution in [-0.4, -0.2) is 15.8 Å². The molecule has 3 heteroatoms. The van der Waals surface area contributed by atoms with Crippen LogP contribution in [0.2, 0.25) is 0 Å². The van der Waals surface area contributed by atoms with E-state index in [1.54, 1.807) is 0 Å². The van der Waals surface area contributed by atoms with E-state index in [9.17, 15) is 0 Å². The van der Waals surface area contributed by atoms with Gasteiger partial charge in [0.05, 0.1) is 5.69 Å². The quantitative estimate of drug-likeness (QED) is 0.876. The van der Waals surface area contributed by atoms with Crippen molar-refractivity contribution >= 4 is 0 Å². The normalized spacial score (nSPS) is 14.2. The molecule has 0 aliphatic heterocycles. The van der Waals surface area contributed by atoms with Crippen LogP contribution < -0.4 is 5.73 Å². The predicted molar refractivity (Wildman–Crippen MR) is 83.8 cm³/mol. The topological polar surface area (TPSA) is 43.8 Å². The Labute approximate surface area is 121 Å². The van der Waals surface area contributed by atoms with Gasteiger partial charge in [0.1, 0.15) is 0 Å². The Morgan fingerprint density at radius 3 is 2.65 bits per heavy atom. The fourth-order valence-electron chi connectivity index (χ4n) is 2.38. The number of aryl methyl sites for hydroxylation is 1. The molecule has 1 heterocycles. The van der Waals surface area contributed by atoms with E-state index < -0.39 is 0 Å². The van der Waals surface area contributed by atoms with Crippen molar-refractivity contribution in [2.45, 2.75) is 52.1 Å². The third kappa shape index (κ3) is 3.70. The molecule has 1 aromatic heterocycles. The maximum absolute atomic E-state index is 6.28. The zero-order valence-corrected chi connectivity index (χ0v) is 12.7. The Balaban J connectivity index is 1.96. The monoisotopic (exact) mass is 271 g/mol. The number of nitrogens with zero attached hydrogens (tertiary/aromatic N) is 2. The second-order valence-electron chi connectivity index (χ2n) is 5.64. The molecular weight excluding hydrogens is 246 g/mol. The van der Waals surface area contributed by atoms with Gasteiger partial charge in [0.25, 0.3) is 0 Å². The largest absolute Gasteiger partial charge is 0.327 e. The molecule has 2 atom stereocenters. The standard InChI is InChI=1S/C17H25N3/c1-4-14(3)20-10-9-17(19-20)12-16(18)11-15-8-6-5-7-13(15)2/h5-10,14,16H,4,11-12,18H2,1-3H3. The van der Waals surface area contributed by atoms with Gasteiger partial charge in [-0.25, -0.2) is 0 Å². The van der Waals surface area contributed by atoms with Gasteiger partial charge in [-0.15, -0.1) is 0 Å². The van der Waals surface area contributed by atoms with Crippen molar-refractivity contribution in [3.63, 3.8) is 0 Å². The summed E-state index contributed by atoms with van der Waals surface area (Å²) in [6, 6.07) is 11.1.